The molecule has 0 radical (unpaired) electrons. The number of ether oxygens (including phenoxy) is 1. The van der Waals surface area contributed by atoms with Gasteiger partial charge in [-0.3, -0.25) is 39.2 Å². The van der Waals surface area contributed by atoms with Gasteiger partial charge in [-0.25, -0.2) is 4.98 Å². The molecule has 6 rings (SSSR count). The molecule has 3 aliphatic rings. The highest BCUT2D eigenvalue weighted by atomic mass is 32.1. The lowest BCUT2D eigenvalue weighted by Gasteiger charge is -2.44. The van der Waals surface area contributed by atoms with E-state index in [0.29, 0.717) is 55.3 Å². The third-order valence-electron chi connectivity index (χ3n) is 11.1. The van der Waals surface area contributed by atoms with E-state index in [-0.39, 0.29) is 54.6 Å². The van der Waals surface area contributed by atoms with Crippen LogP contribution in [-0.4, -0.2) is 99.9 Å². The fourth-order valence-corrected chi connectivity index (χ4v) is 8.90. The van der Waals surface area contributed by atoms with Crippen molar-refractivity contribution in [2.75, 3.05) is 46.6 Å². The largest absolute Gasteiger partial charge is 0.489 e. The van der Waals surface area contributed by atoms with Crippen LogP contribution < -0.4 is 30.5 Å². The minimum atomic E-state index is -4.85. The molecule has 60 heavy (non-hydrogen) atoms. The molecule has 0 saturated carbocycles. The second-order valence-corrected chi connectivity index (χ2v) is 16.6. The molecule has 3 saturated heterocycles. The number of amides is 4. The Morgan fingerprint density at radius 3 is 2.43 bits per heavy atom. The van der Waals surface area contributed by atoms with Gasteiger partial charge in [0.25, 0.3) is 5.91 Å². The van der Waals surface area contributed by atoms with Crippen molar-refractivity contribution in [1.82, 2.24) is 20.1 Å². The Bertz CT molecular complexity index is 2170. The van der Waals surface area contributed by atoms with Crippen molar-refractivity contribution >= 4 is 59.0 Å². The number of benzene rings is 2. The topological polar surface area (TPSA) is 163 Å². The fourth-order valence-electron chi connectivity index (χ4n) is 8.24. The Morgan fingerprint density at radius 2 is 1.78 bits per heavy atom. The van der Waals surface area contributed by atoms with Gasteiger partial charge in [0.1, 0.15) is 29.5 Å². The number of carbonyl (C=O) groups excluding carboxylic acids is 4. The standard InChI is InChI=1S/C42H50F3N9O5S/c1-7-27-15-30(54-40(60)53(39(58)41(54,5)6)31-17-32(42(43,44)45)34(18-46)47-19-31)11-13-35(27)59-26(4)22-51-20-24(2)52(25(3)21-51)23-37(56)49-29-10-8-9-28(16-29)48-33-12-14-36(55)50-38(33)57/h8-11,13,15-17,19,24-26,33,40,48,60H,7,12,14,20-23H2,1-6H3,(H,49,56)(H,50,55,57)/t24-,25+,26-,33?,40+/m0/s1. The minimum Gasteiger partial charge on any atom is -0.489 e. The number of aromatic nitrogens is 1. The van der Waals surface area contributed by atoms with Crippen molar-refractivity contribution in [3.05, 3.63) is 71.5 Å². The number of piperazine rings is 1. The van der Waals surface area contributed by atoms with Gasteiger partial charge in [-0.1, -0.05) is 13.0 Å². The van der Waals surface area contributed by atoms with Gasteiger partial charge in [0.2, 0.25) is 17.7 Å². The Balaban J connectivity index is 1.05. The van der Waals surface area contributed by atoms with E-state index >= 15 is 0 Å². The first kappa shape index (κ1) is 44.2. The lowest BCUT2D eigenvalue weighted by molar-refractivity contribution is -0.138. The molecular formula is C42H50F3N9O5S. The maximum absolute atomic E-state index is 13.8. The number of alkyl halides is 3. The summed E-state index contributed by atoms with van der Waals surface area (Å²) in [4.78, 5) is 61.8. The van der Waals surface area contributed by atoms with Crippen LogP contribution in [0.2, 0.25) is 0 Å². The maximum Gasteiger partial charge on any atom is 0.419 e. The molecule has 18 heteroatoms. The first-order chi connectivity index (χ1) is 28.3. The van der Waals surface area contributed by atoms with Crippen LogP contribution in [0.3, 0.4) is 0 Å². The van der Waals surface area contributed by atoms with E-state index in [1.165, 1.54) is 6.07 Å². The van der Waals surface area contributed by atoms with Crippen LogP contribution in [0.1, 0.15) is 71.2 Å². The average molecular weight is 850 g/mol. The summed E-state index contributed by atoms with van der Waals surface area (Å²) in [5, 5.41) is 17.7. The first-order valence-corrected chi connectivity index (χ1v) is 20.4. The third kappa shape index (κ3) is 9.48. The van der Waals surface area contributed by atoms with Gasteiger partial charge in [0.05, 0.1) is 24.0 Å². The highest BCUT2D eigenvalue weighted by Crippen LogP contribution is 2.43. The number of thiol groups is 1. The highest BCUT2D eigenvalue weighted by Gasteiger charge is 2.52. The molecule has 0 bridgehead atoms. The van der Waals surface area contributed by atoms with E-state index in [0.717, 1.165) is 22.7 Å². The van der Waals surface area contributed by atoms with Gasteiger partial charge in [0, 0.05) is 55.2 Å². The van der Waals surface area contributed by atoms with E-state index < -0.39 is 40.4 Å². The molecule has 1 unspecified atom stereocenters. The molecule has 3 fully saturated rings. The summed E-state index contributed by atoms with van der Waals surface area (Å²) < 4.78 is 47.9. The first-order valence-electron chi connectivity index (χ1n) is 19.9. The quantitative estimate of drug-likeness (QED) is 0.137. The molecular weight excluding hydrogens is 800 g/mol. The van der Waals surface area contributed by atoms with Crippen LogP contribution in [0, 0.1) is 11.3 Å². The van der Waals surface area contributed by atoms with Crippen LogP contribution >= 0.6 is 12.6 Å². The summed E-state index contributed by atoms with van der Waals surface area (Å²) in [5.41, 5.74) is -1.55. The minimum absolute atomic E-state index is 0.0677. The third-order valence-corrected chi connectivity index (χ3v) is 11.6. The Kier molecular flexibility index (Phi) is 13.0. The number of hydrogen-bond donors (Lipinski definition) is 4. The number of halogens is 3. The molecule has 2 aromatic carbocycles. The van der Waals surface area contributed by atoms with Crippen molar-refractivity contribution in [2.24, 2.45) is 0 Å². The van der Waals surface area contributed by atoms with Crippen LogP contribution in [0.25, 0.3) is 0 Å². The van der Waals surface area contributed by atoms with Crippen molar-refractivity contribution < 1.29 is 37.1 Å². The Labute approximate surface area is 352 Å². The second-order valence-electron chi connectivity index (χ2n) is 16.1. The van der Waals surface area contributed by atoms with Gasteiger partial charge in [0.15, 0.2) is 11.2 Å². The molecule has 3 N–H and O–H groups in total. The number of nitrogens with zero attached hydrogens (tertiary/aromatic N) is 6. The molecule has 3 aliphatic heterocycles. The van der Waals surface area contributed by atoms with Crippen LogP contribution in [-0.2, 0) is 31.8 Å². The molecule has 1 aromatic heterocycles. The van der Waals surface area contributed by atoms with Crippen molar-refractivity contribution in [3.8, 4) is 11.8 Å². The van der Waals surface area contributed by atoms with E-state index in [9.17, 15) is 37.6 Å². The summed E-state index contributed by atoms with van der Waals surface area (Å²) in [5.74, 6) is -0.627. The fraction of sp³-hybridized carbons (Fsp3) is 0.476. The SMILES string of the molecule is CCc1cc(N2[C@H](S)N(c3cnc(C#N)c(C(F)(F)F)c3)C(=O)C2(C)C)ccc1O[C@@H](C)CN1C[C@@H](C)N(CC(=O)Nc2cccc(NC3CCC(=O)NC3=O)c2)[C@@H](C)C1. The number of piperidine rings is 1. The monoisotopic (exact) mass is 849 g/mol. The summed E-state index contributed by atoms with van der Waals surface area (Å²) in [6.07, 6.45) is -2.72. The Hall–Kier alpha value is -5.38. The predicted octanol–water partition coefficient (Wildman–Crippen LogP) is 5.40. The van der Waals surface area contributed by atoms with Crippen molar-refractivity contribution in [1.29, 1.82) is 5.26 Å². The number of nitrogens with one attached hydrogen (secondary N) is 3. The zero-order valence-electron chi connectivity index (χ0n) is 34.3. The average Bonchev–Trinajstić information content (AvgIpc) is 3.35. The van der Waals surface area contributed by atoms with Gasteiger partial charge in [-0.2, -0.15) is 18.4 Å². The van der Waals surface area contributed by atoms with E-state index in [1.54, 1.807) is 49.1 Å². The molecule has 320 valence electrons. The summed E-state index contributed by atoms with van der Waals surface area (Å²) in [6, 6.07) is 14.5. The summed E-state index contributed by atoms with van der Waals surface area (Å²) >= 11 is 4.72. The number of carbonyl (C=O) groups is 4. The van der Waals surface area contributed by atoms with E-state index in [2.05, 4.69) is 44.6 Å². The van der Waals surface area contributed by atoms with Gasteiger partial charge in [-0.15, -0.1) is 12.6 Å². The molecule has 14 nitrogen and oxygen atoms in total. The van der Waals surface area contributed by atoms with E-state index in [4.69, 9.17) is 17.4 Å². The van der Waals surface area contributed by atoms with Crippen molar-refractivity contribution in [3.63, 3.8) is 0 Å². The summed E-state index contributed by atoms with van der Waals surface area (Å²) in [7, 11) is 0. The van der Waals surface area contributed by atoms with Crippen LogP contribution in [0.5, 0.6) is 5.75 Å². The molecule has 4 amide bonds. The number of nitriles is 1. The molecule has 0 aliphatic carbocycles. The zero-order chi connectivity index (χ0) is 43.7. The number of imide groups is 1. The number of aryl methyl sites for hydroxylation is 1. The number of pyridine rings is 1. The molecule has 0 spiro atoms. The van der Waals surface area contributed by atoms with Gasteiger partial charge < -0.3 is 20.3 Å². The maximum atomic E-state index is 13.8. The molecule has 3 aromatic rings. The normalized spacial score (nSPS) is 22.9. The highest BCUT2D eigenvalue weighted by molar-refractivity contribution is 7.81. The lowest BCUT2D eigenvalue weighted by Crippen LogP contribution is -2.59. The number of anilines is 4. The van der Waals surface area contributed by atoms with Gasteiger partial charge in [-0.05, 0) is 95.5 Å². The Morgan fingerprint density at radius 1 is 1.08 bits per heavy atom. The van der Waals surface area contributed by atoms with Crippen molar-refractivity contribution in [2.45, 2.75) is 102 Å². The second kappa shape index (κ2) is 17.7. The van der Waals surface area contributed by atoms with Crippen LogP contribution in [0.4, 0.5) is 35.9 Å². The van der Waals surface area contributed by atoms with E-state index in [1.807, 2.05) is 26.0 Å². The summed E-state index contributed by atoms with van der Waals surface area (Å²) in [6.45, 7) is 13.8. The number of rotatable bonds is 12. The van der Waals surface area contributed by atoms with Crippen LogP contribution in [0.15, 0.2) is 54.7 Å². The molecule has 4 heterocycles. The number of hydrogen-bond acceptors (Lipinski definition) is 12. The predicted molar refractivity (Wildman–Crippen MR) is 224 cm³/mol. The lowest BCUT2D eigenvalue weighted by atomic mass is 10.0. The zero-order valence-corrected chi connectivity index (χ0v) is 35.2. The molecule has 5 atom stereocenters. The van der Waals surface area contributed by atoms with Gasteiger partial charge >= 0.3 is 6.18 Å². The smallest absolute Gasteiger partial charge is 0.419 e.